The molecule has 0 saturated heterocycles. The summed E-state index contributed by atoms with van der Waals surface area (Å²) in [5.74, 6) is -2.78. The van der Waals surface area contributed by atoms with Crippen molar-refractivity contribution in [3.63, 3.8) is 0 Å². The summed E-state index contributed by atoms with van der Waals surface area (Å²) >= 11 is 0. The average Bonchev–Trinajstić information content (AvgIpc) is 3.30. The van der Waals surface area contributed by atoms with Crippen LogP contribution in [0.25, 0.3) is 22.2 Å². The number of benzene rings is 1. The Balaban J connectivity index is 1.79. The van der Waals surface area contributed by atoms with Crippen LogP contribution in [-0.2, 0) is 26.1 Å². The highest BCUT2D eigenvalue weighted by molar-refractivity contribution is 7.86. The van der Waals surface area contributed by atoms with Crippen LogP contribution in [0.15, 0.2) is 49.0 Å². The highest BCUT2D eigenvalue weighted by atomic mass is 32.2. The Hall–Kier alpha value is -4.83. The minimum absolute atomic E-state index is 0.121. The fraction of sp³-hybridized carbons (Fsp3) is 0.375. The van der Waals surface area contributed by atoms with E-state index in [2.05, 4.69) is 32.1 Å². The van der Waals surface area contributed by atoms with Gasteiger partial charge in [-0.15, -0.1) is 0 Å². The van der Waals surface area contributed by atoms with E-state index in [0.717, 1.165) is 31.4 Å². The van der Waals surface area contributed by atoms with Crippen molar-refractivity contribution in [2.75, 3.05) is 55.5 Å². The molecular formula is C32H40F2N8O5S. The number of pyridine rings is 1. The first-order valence-corrected chi connectivity index (χ1v) is 16.9. The standard InChI is InChI=1S/C32H40F2N8O5S/c1-9-42(14-10-13-40(5)6)29-26(36-30(43)20(4)47-48(8,44)45)17-27(31(39-29)46-19(2)3)38-32-35-12-11-25(37-32)22-18-41(7)28-16-24(34)23(33)15-21(22)28/h11-12,15-19H,4,9-10,13-14H2,1-3,5-8H3,(H,36,43)(H,35,37,38). The summed E-state index contributed by atoms with van der Waals surface area (Å²) in [5.41, 5.74) is 1.96. The van der Waals surface area contributed by atoms with Crippen molar-refractivity contribution in [1.29, 1.82) is 0 Å². The van der Waals surface area contributed by atoms with Crippen molar-refractivity contribution >= 4 is 50.1 Å². The molecule has 0 fully saturated rings. The number of carbonyl (C=O) groups is 1. The number of aromatic nitrogens is 4. The maximum absolute atomic E-state index is 14.2. The zero-order valence-electron chi connectivity index (χ0n) is 28.0. The number of nitrogens with zero attached hydrogens (tertiary/aromatic N) is 6. The van der Waals surface area contributed by atoms with Gasteiger partial charge in [-0.2, -0.15) is 13.4 Å². The summed E-state index contributed by atoms with van der Waals surface area (Å²) < 4.78 is 64.0. The zero-order chi connectivity index (χ0) is 35.3. The molecule has 4 aromatic rings. The molecule has 0 bridgehead atoms. The van der Waals surface area contributed by atoms with E-state index in [1.54, 1.807) is 29.9 Å². The Morgan fingerprint density at radius 2 is 1.81 bits per heavy atom. The number of amides is 1. The number of hydrogen-bond donors (Lipinski definition) is 2. The van der Waals surface area contributed by atoms with E-state index in [1.165, 1.54) is 6.20 Å². The molecule has 0 aliphatic rings. The maximum atomic E-state index is 14.2. The van der Waals surface area contributed by atoms with Crippen LogP contribution in [0.5, 0.6) is 5.88 Å². The molecule has 1 amide bonds. The van der Waals surface area contributed by atoms with Gasteiger partial charge in [0.05, 0.1) is 29.3 Å². The van der Waals surface area contributed by atoms with Crippen LogP contribution in [0.3, 0.4) is 0 Å². The lowest BCUT2D eigenvalue weighted by molar-refractivity contribution is -0.114. The molecule has 258 valence electrons. The Morgan fingerprint density at radius 3 is 2.46 bits per heavy atom. The first-order chi connectivity index (χ1) is 22.6. The van der Waals surface area contributed by atoms with Crippen LogP contribution < -0.4 is 20.3 Å². The van der Waals surface area contributed by atoms with Gasteiger partial charge in [0.15, 0.2) is 23.2 Å². The topological polar surface area (TPSA) is 144 Å². The third-order valence-electron chi connectivity index (χ3n) is 6.99. The van der Waals surface area contributed by atoms with E-state index in [4.69, 9.17) is 13.9 Å². The molecule has 3 heterocycles. The number of aryl methyl sites for hydroxylation is 1. The largest absolute Gasteiger partial charge is 0.473 e. The molecule has 48 heavy (non-hydrogen) atoms. The lowest BCUT2D eigenvalue weighted by atomic mass is 10.1. The minimum atomic E-state index is -4.01. The quantitative estimate of drug-likeness (QED) is 0.0986. The first kappa shape index (κ1) is 36.0. The van der Waals surface area contributed by atoms with Gasteiger partial charge >= 0.3 is 10.1 Å². The first-order valence-electron chi connectivity index (χ1n) is 15.1. The maximum Gasteiger partial charge on any atom is 0.306 e. The number of nitrogens with one attached hydrogen (secondary N) is 2. The van der Waals surface area contributed by atoms with Gasteiger partial charge in [-0.25, -0.2) is 18.7 Å². The highest BCUT2D eigenvalue weighted by Crippen LogP contribution is 2.37. The molecular weight excluding hydrogens is 646 g/mol. The van der Waals surface area contributed by atoms with E-state index in [1.807, 2.05) is 39.8 Å². The summed E-state index contributed by atoms with van der Waals surface area (Å²) in [7, 11) is 1.65. The van der Waals surface area contributed by atoms with E-state index >= 15 is 0 Å². The van der Waals surface area contributed by atoms with Gasteiger partial charge in [-0.3, -0.25) is 4.79 Å². The van der Waals surface area contributed by atoms with Crippen LogP contribution in [0, 0.1) is 11.6 Å². The molecule has 0 atom stereocenters. The van der Waals surface area contributed by atoms with E-state index in [-0.39, 0.29) is 29.3 Å². The molecule has 3 aromatic heterocycles. The summed E-state index contributed by atoms with van der Waals surface area (Å²) in [6.07, 6.45) is 4.52. The molecule has 4 rings (SSSR count). The molecule has 0 unspecified atom stereocenters. The molecule has 0 aliphatic heterocycles. The van der Waals surface area contributed by atoms with Crippen molar-refractivity contribution < 1.29 is 30.9 Å². The summed E-state index contributed by atoms with van der Waals surface area (Å²) in [5, 5.41) is 6.25. The SMILES string of the molecule is C=C(OS(C)(=O)=O)C(=O)Nc1cc(Nc2nccc(-c3cn(C)c4cc(F)c(F)cc34)n2)c(OC(C)C)nc1N(CC)CCCN(C)C. The van der Waals surface area contributed by atoms with Gasteiger partial charge in [0, 0.05) is 49.5 Å². The summed E-state index contributed by atoms with van der Waals surface area (Å²) in [6, 6.07) is 5.47. The number of carbonyl (C=O) groups excluding carboxylic acids is 1. The minimum Gasteiger partial charge on any atom is -0.473 e. The number of ether oxygens (including phenoxy) is 1. The fourth-order valence-electron chi connectivity index (χ4n) is 4.90. The van der Waals surface area contributed by atoms with Crippen LogP contribution >= 0.6 is 0 Å². The predicted molar refractivity (Wildman–Crippen MR) is 182 cm³/mol. The highest BCUT2D eigenvalue weighted by Gasteiger charge is 2.23. The van der Waals surface area contributed by atoms with E-state index < -0.39 is 33.4 Å². The molecule has 16 heteroatoms. The van der Waals surface area contributed by atoms with Gasteiger partial charge < -0.3 is 33.9 Å². The predicted octanol–water partition coefficient (Wildman–Crippen LogP) is 5.05. The second kappa shape index (κ2) is 14.9. The van der Waals surface area contributed by atoms with Crippen LogP contribution in [0.1, 0.15) is 27.2 Å². The van der Waals surface area contributed by atoms with Gasteiger partial charge in [-0.05, 0) is 72.6 Å². The number of rotatable bonds is 15. The Morgan fingerprint density at radius 1 is 1.10 bits per heavy atom. The summed E-state index contributed by atoms with van der Waals surface area (Å²) in [6.45, 7) is 11.0. The van der Waals surface area contributed by atoms with Crippen molar-refractivity contribution in [2.45, 2.75) is 33.3 Å². The molecule has 0 aliphatic carbocycles. The van der Waals surface area contributed by atoms with Crippen LogP contribution in [0.2, 0.25) is 0 Å². The second-order valence-electron chi connectivity index (χ2n) is 11.6. The summed E-state index contributed by atoms with van der Waals surface area (Å²) in [4.78, 5) is 30.8. The van der Waals surface area contributed by atoms with Gasteiger partial charge in [0.1, 0.15) is 5.69 Å². The van der Waals surface area contributed by atoms with Gasteiger partial charge in [0.2, 0.25) is 11.8 Å². The molecule has 2 N–H and O–H groups in total. The molecule has 0 saturated carbocycles. The number of hydrogen-bond acceptors (Lipinski definition) is 11. The normalized spacial score (nSPS) is 11.6. The van der Waals surface area contributed by atoms with Gasteiger partial charge in [0.25, 0.3) is 5.91 Å². The fourth-order valence-corrected chi connectivity index (χ4v) is 5.34. The van der Waals surface area contributed by atoms with Crippen LogP contribution in [0.4, 0.5) is 31.9 Å². The zero-order valence-corrected chi connectivity index (χ0v) is 28.8. The van der Waals surface area contributed by atoms with Crippen molar-refractivity contribution in [2.24, 2.45) is 7.05 Å². The third kappa shape index (κ3) is 8.95. The average molecular weight is 687 g/mol. The monoisotopic (exact) mass is 686 g/mol. The van der Waals surface area contributed by atoms with E-state index in [9.17, 15) is 22.0 Å². The Labute approximate surface area is 278 Å². The molecule has 1 aromatic carbocycles. The molecule has 0 spiro atoms. The smallest absolute Gasteiger partial charge is 0.306 e. The van der Waals surface area contributed by atoms with Crippen molar-refractivity contribution in [3.05, 3.63) is 60.6 Å². The third-order valence-corrected chi connectivity index (χ3v) is 7.50. The number of anilines is 4. The molecule has 13 nitrogen and oxygen atoms in total. The second-order valence-corrected chi connectivity index (χ2v) is 13.2. The van der Waals surface area contributed by atoms with E-state index in [0.29, 0.717) is 41.1 Å². The van der Waals surface area contributed by atoms with Gasteiger partial charge in [-0.1, -0.05) is 0 Å². The number of halogens is 2. The van der Waals surface area contributed by atoms with Crippen molar-refractivity contribution in [3.8, 4) is 17.1 Å². The van der Waals surface area contributed by atoms with Crippen LogP contribution in [-0.4, -0.2) is 84.8 Å². The lowest BCUT2D eigenvalue weighted by Crippen LogP contribution is -2.30. The Kier molecular flexibility index (Phi) is 11.2. The molecule has 0 radical (unpaired) electrons. The number of fused-ring (bicyclic) bond motifs is 1. The van der Waals surface area contributed by atoms with Crippen molar-refractivity contribution in [1.82, 2.24) is 24.4 Å². The lowest BCUT2D eigenvalue weighted by Gasteiger charge is -2.27. The Bertz CT molecular complexity index is 1930.